The normalized spacial score (nSPS) is 19.3. The minimum Gasteiger partial charge on any atom is -0.334 e. The van der Waals surface area contributed by atoms with Gasteiger partial charge in [-0.2, -0.15) is 0 Å². The summed E-state index contributed by atoms with van der Waals surface area (Å²) in [6.07, 6.45) is 3.18. The minimum atomic E-state index is -3.22. The summed E-state index contributed by atoms with van der Waals surface area (Å²) < 4.78 is 22.8. The first kappa shape index (κ1) is 15.0. The van der Waals surface area contributed by atoms with Crippen LogP contribution in [0.5, 0.6) is 0 Å². The van der Waals surface area contributed by atoms with Crippen LogP contribution in [0.25, 0.3) is 0 Å². The number of sulfone groups is 1. The van der Waals surface area contributed by atoms with E-state index in [-0.39, 0.29) is 16.8 Å². The van der Waals surface area contributed by atoms with Gasteiger partial charge in [-0.1, -0.05) is 0 Å². The van der Waals surface area contributed by atoms with Crippen molar-refractivity contribution in [2.75, 3.05) is 26.4 Å². The van der Waals surface area contributed by atoms with Gasteiger partial charge in [-0.25, -0.2) is 8.42 Å². The summed E-state index contributed by atoms with van der Waals surface area (Å²) in [5.74, 6) is -0.0252. The first-order chi connectivity index (χ1) is 9.43. The van der Waals surface area contributed by atoms with Gasteiger partial charge in [-0.3, -0.25) is 4.79 Å². The Bertz CT molecular complexity index is 581. The Hall–Kier alpha value is -1.40. The van der Waals surface area contributed by atoms with E-state index in [4.69, 9.17) is 0 Å². The third-order valence-electron chi connectivity index (χ3n) is 3.61. The zero-order valence-electron chi connectivity index (χ0n) is 11.8. The molecule has 1 heterocycles. The topological polar surface area (TPSA) is 66.5 Å². The average molecular weight is 296 g/mol. The Morgan fingerprint density at radius 3 is 2.55 bits per heavy atom. The fraction of sp³-hybridized carbons (Fsp3) is 0.500. The van der Waals surface area contributed by atoms with Gasteiger partial charge in [0.2, 0.25) is 0 Å². The van der Waals surface area contributed by atoms with E-state index in [9.17, 15) is 13.2 Å². The Morgan fingerprint density at radius 2 is 2.00 bits per heavy atom. The van der Waals surface area contributed by atoms with Crippen molar-refractivity contribution in [3.05, 3.63) is 29.8 Å². The number of nitrogens with zero attached hydrogens (tertiary/aromatic N) is 1. The molecule has 0 saturated carbocycles. The van der Waals surface area contributed by atoms with Crippen molar-refractivity contribution in [3.63, 3.8) is 0 Å². The highest BCUT2D eigenvalue weighted by Crippen LogP contribution is 2.20. The van der Waals surface area contributed by atoms with Gasteiger partial charge < -0.3 is 10.2 Å². The lowest BCUT2D eigenvalue weighted by Gasteiger charge is -2.24. The number of hydrogen-bond acceptors (Lipinski definition) is 4. The second-order valence-corrected chi connectivity index (χ2v) is 7.16. The number of likely N-dealkylation sites (tertiary alicyclic amines) is 1. The predicted octanol–water partition coefficient (Wildman–Crippen LogP) is 0.914. The maximum atomic E-state index is 12.4. The molecule has 1 amide bonds. The number of carbonyl (C=O) groups excluding carboxylic acids is 1. The molecule has 1 aliphatic rings. The quantitative estimate of drug-likeness (QED) is 0.897. The third-order valence-corrected chi connectivity index (χ3v) is 4.74. The number of nitrogens with one attached hydrogen (secondary N) is 1. The zero-order valence-corrected chi connectivity index (χ0v) is 12.6. The highest BCUT2D eigenvalue weighted by molar-refractivity contribution is 7.90. The lowest BCUT2D eigenvalue weighted by Crippen LogP contribution is -2.40. The molecule has 1 fully saturated rings. The van der Waals surface area contributed by atoms with Crippen molar-refractivity contribution in [2.45, 2.75) is 23.8 Å². The van der Waals surface area contributed by atoms with Gasteiger partial charge in [0.25, 0.3) is 5.91 Å². The van der Waals surface area contributed by atoms with Gasteiger partial charge in [0, 0.05) is 31.0 Å². The van der Waals surface area contributed by atoms with E-state index in [0.717, 1.165) is 32.2 Å². The molecule has 0 radical (unpaired) electrons. The molecular weight excluding hydrogens is 276 g/mol. The SMILES string of the molecule is CNCC1CCCN1C(=O)c1ccc(S(C)(=O)=O)cc1. The van der Waals surface area contributed by atoms with Crippen LogP contribution in [0.3, 0.4) is 0 Å². The summed E-state index contributed by atoms with van der Waals surface area (Å²) in [7, 11) is -1.34. The summed E-state index contributed by atoms with van der Waals surface area (Å²) in [6.45, 7) is 1.55. The van der Waals surface area contributed by atoms with Crippen molar-refractivity contribution in [2.24, 2.45) is 0 Å². The largest absolute Gasteiger partial charge is 0.334 e. The molecule has 0 aliphatic carbocycles. The van der Waals surface area contributed by atoms with E-state index < -0.39 is 9.84 Å². The highest BCUT2D eigenvalue weighted by atomic mass is 32.2. The molecule has 1 saturated heterocycles. The van der Waals surface area contributed by atoms with Gasteiger partial charge in [-0.15, -0.1) is 0 Å². The van der Waals surface area contributed by atoms with E-state index in [1.165, 1.54) is 12.1 Å². The Balaban J connectivity index is 2.17. The molecule has 6 heteroatoms. The van der Waals surface area contributed by atoms with Crippen LogP contribution in [-0.2, 0) is 9.84 Å². The first-order valence-corrected chi connectivity index (χ1v) is 8.58. The molecule has 0 aromatic heterocycles. The lowest BCUT2D eigenvalue weighted by molar-refractivity contribution is 0.0737. The molecule has 1 aromatic carbocycles. The minimum absolute atomic E-state index is 0.0252. The summed E-state index contributed by atoms with van der Waals surface area (Å²) in [4.78, 5) is 14.5. The molecule has 1 unspecified atom stereocenters. The number of benzene rings is 1. The van der Waals surface area contributed by atoms with Crippen LogP contribution in [0.4, 0.5) is 0 Å². The Morgan fingerprint density at radius 1 is 1.35 bits per heavy atom. The first-order valence-electron chi connectivity index (χ1n) is 6.69. The summed E-state index contributed by atoms with van der Waals surface area (Å²) in [5, 5.41) is 3.10. The molecule has 1 atom stereocenters. The van der Waals surface area contributed by atoms with Crippen molar-refractivity contribution >= 4 is 15.7 Å². The molecule has 1 aliphatic heterocycles. The zero-order chi connectivity index (χ0) is 14.8. The fourth-order valence-electron chi connectivity index (χ4n) is 2.56. The second-order valence-electron chi connectivity index (χ2n) is 5.15. The molecule has 1 aromatic rings. The summed E-state index contributed by atoms with van der Waals surface area (Å²) in [6, 6.07) is 6.39. The molecule has 110 valence electrons. The molecule has 2 rings (SSSR count). The second kappa shape index (κ2) is 5.93. The summed E-state index contributed by atoms with van der Waals surface area (Å²) >= 11 is 0. The van der Waals surface area contributed by atoms with Crippen LogP contribution in [0, 0.1) is 0 Å². The molecule has 20 heavy (non-hydrogen) atoms. The van der Waals surface area contributed by atoms with Gasteiger partial charge in [0.15, 0.2) is 9.84 Å². The average Bonchev–Trinajstić information content (AvgIpc) is 2.86. The van der Waals surface area contributed by atoms with E-state index in [0.29, 0.717) is 5.56 Å². The van der Waals surface area contributed by atoms with Crippen molar-refractivity contribution in [3.8, 4) is 0 Å². The highest BCUT2D eigenvalue weighted by Gasteiger charge is 2.28. The van der Waals surface area contributed by atoms with E-state index in [1.807, 2.05) is 11.9 Å². The van der Waals surface area contributed by atoms with Crippen LogP contribution in [0.15, 0.2) is 29.2 Å². The summed E-state index contributed by atoms with van der Waals surface area (Å²) in [5.41, 5.74) is 0.542. The maximum absolute atomic E-state index is 12.4. The van der Waals surface area contributed by atoms with Crippen molar-refractivity contribution in [1.29, 1.82) is 0 Å². The lowest BCUT2D eigenvalue weighted by atomic mass is 10.1. The molecular formula is C14H20N2O3S. The molecule has 5 nitrogen and oxygen atoms in total. The van der Waals surface area contributed by atoms with E-state index >= 15 is 0 Å². The van der Waals surface area contributed by atoms with Crippen LogP contribution in [0.1, 0.15) is 23.2 Å². The number of rotatable bonds is 4. The van der Waals surface area contributed by atoms with E-state index in [2.05, 4.69) is 5.32 Å². The Kier molecular flexibility index (Phi) is 4.45. The van der Waals surface area contributed by atoms with Crippen molar-refractivity contribution in [1.82, 2.24) is 10.2 Å². The standard InChI is InChI=1S/C14H20N2O3S/c1-15-10-12-4-3-9-16(12)14(17)11-5-7-13(8-6-11)20(2,18)19/h5-8,12,15H,3-4,9-10H2,1-2H3. The van der Waals surface area contributed by atoms with Crippen LogP contribution in [-0.4, -0.2) is 51.7 Å². The molecule has 0 bridgehead atoms. The molecule has 0 spiro atoms. The number of likely N-dealkylation sites (N-methyl/N-ethyl adjacent to an activating group) is 1. The van der Waals surface area contributed by atoms with Gasteiger partial charge in [-0.05, 0) is 44.2 Å². The van der Waals surface area contributed by atoms with Crippen LogP contribution < -0.4 is 5.32 Å². The molecule has 1 N–H and O–H groups in total. The number of carbonyl (C=O) groups is 1. The van der Waals surface area contributed by atoms with Gasteiger partial charge in [0.05, 0.1) is 4.90 Å². The number of hydrogen-bond donors (Lipinski definition) is 1. The fourth-order valence-corrected chi connectivity index (χ4v) is 3.19. The van der Waals surface area contributed by atoms with E-state index in [1.54, 1.807) is 12.1 Å². The maximum Gasteiger partial charge on any atom is 0.254 e. The predicted molar refractivity (Wildman–Crippen MR) is 77.5 cm³/mol. The van der Waals surface area contributed by atoms with Crippen molar-refractivity contribution < 1.29 is 13.2 Å². The smallest absolute Gasteiger partial charge is 0.254 e. The Labute approximate surface area is 119 Å². The van der Waals surface area contributed by atoms with Gasteiger partial charge in [0.1, 0.15) is 0 Å². The van der Waals surface area contributed by atoms with Crippen LogP contribution >= 0.6 is 0 Å². The number of amides is 1. The monoisotopic (exact) mass is 296 g/mol. The van der Waals surface area contributed by atoms with Gasteiger partial charge >= 0.3 is 0 Å². The third kappa shape index (κ3) is 3.19. The van der Waals surface area contributed by atoms with Crippen LogP contribution in [0.2, 0.25) is 0 Å².